The molecular formula is C23H36N4O. The standard InChI is InChI=1S/C23H36N4O/c1-23(2,3)21-18(10-8-14-28-21)16-27-22(24-4)25-13-7-9-17-15-26-20-12-6-5-11-19(17)20/h5-6,11-12,15,18,21,26H,7-10,13-14,16H2,1-4H3,(H2,24,25,27). The van der Waals surface area contributed by atoms with E-state index in [9.17, 15) is 0 Å². The number of aryl methyl sites for hydroxylation is 1. The largest absolute Gasteiger partial charge is 0.377 e. The Balaban J connectivity index is 1.43. The van der Waals surface area contributed by atoms with E-state index in [-0.39, 0.29) is 5.41 Å². The van der Waals surface area contributed by atoms with Gasteiger partial charge in [0, 0.05) is 49.8 Å². The molecule has 0 radical (unpaired) electrons. The van der Waals surface area contributed by atoms with Gasteiger partial charge in [-0.15, -0.1) is 0 Å². The van der Waals surface area contributed by atoms with Crippen molar-refractivity contribution in [3.8, 4) is 0 Å². The molecule has 1 aliphatic rings. The Morgan fingerprint density at radius 3 is 2.86 bits per heavy atom. The van der Waals surface area contributed by atoms with Crippen LogP contribution in [-0.2, 0) is 11.2 Å². The molecule has 5 nitrogen and oxygen atoms in total. The highest BCUT2D eigenvalue weighted by Crippen LogP contribution is 2.33. The third-order valence-corrected chi connectivity index (χ3v) is 5.64. The van der Waals surface area contributed by atoms with Gasteiger partial charge in [-0.3, -0.25) is 4.99 Å². The number of hydrogen-bond donors (Lipinski definition) is 3. The molecule has 3 rings (SSSR count). The normalized spacial score (nSPS) is 21.1. The lowest BCUT2D eigenvalue weighted by molar-refractivity contribution is -0.0835. The van der Waals surface area contributed by atoms with Gasteiger partial charge in [-0.25, -0.2) is 0 Å². The van der Waals surface area contributed by atoms with Crippen molar-refractivity contribution < 1.29 is 4.74 Å². The minimum Gasteiger partial charge on any atom is -0.377 e. The monoisotopic (exact) mass is 384 g/mol. The zero-order valence-corrected chi connectivity index (χ0v) is 17.8. The predicted molar refractivity (Wildman–Crippen MR) is 118 cm³/mol. The van der Waals surface area contributed by atoms with Crippen LogP contribution in [0.25, 0.3) is 10.9 Å². The van der Waals surface area contributed by atoms with E-state index in [4.69, 9.17) is 4.74 Å². The number of para-hydroxylation sites is 1. The van der Waals surface area contributed by atoms with Crippen molar-refractivity contribution >= 4 is 16.9 Å². The van der Waals surface area contributed by atoms with E-state index in [0.717, 1.165) is 44.9 Å². The van der Waals surface area contributed by atoms with Gasteiger partial charge in [0.2, 0.25) is 0 Å². The molecule has 0 aliphatic carbocycles. The Morgan fingerprint density at radius 1 is 1.25 bits per heavy atom. The number of benzene rings is 1. The Labute approximate surface area is 169 Å². The number of ether oxygens (including phenoxy) is 1. The third kappa shape index (κ3) is 5.28. The molecule has 0 amide bonds. The van der Waals surface area contributed by atoms with Crippen LogP contribution in [0.4, 0.5) is 0 Å². The van der Waals surface area contributed by atoms with Crippen LogP contribution >= 0.6 is 0 Å². The minimum atomic E-state index is 0.170. The summed E-state index contributed by atoms with van der Waals surface area (Å²) in [5.74, 6) is 1.41. The van der Waals surface area contributed by atoms with Crippen LogP contribution in [-0.4, -0.2) is 43.8 Å². The Morgan fingerprint density at radius 2 is 2.07 bits per heavy atom. The van der Waals surface area contributed by atoms with Crippen molar-refractivity contribution in [2.75, 3.05) is 26.7 Å². The molecule has 0 spiro atoms. The van der Waals surface area contributed by atoms with E-state index in [1.165, 1.54) is 22.9 Å². The van der Waals surface area contributed by atoms with Crippen molar-refractivity contribution in [1.29, 1.82) is 0 Å². The maximum atomic E-state index is 6.09. The molecule has 0 bridgehead atoms. The molecule has 154 valence electrons. The van der Waals surface area contributed by atoms with Crippen LogP contribution in [0, 0.1) is 11.3 Å². The third-order valence-electron chi connectivity index (χ3n) is 5.64. The number of fused-ring (bicyclic) bond motifs is 1. The van der Waals surface area contributed by atoms with Gasteiger partial charge in [-0.1, -0.05) is 39.0 Å². The molecule has 1 aromatic carbocycles. The number of aromatic amines is 1. The molecule has 2 heterocycles. The first-order chi connectivity index (χ1) is 13.5. The highest BCUT2D eigenvalue weighted by molar-refractivity contribution is 5.83. The number of nitrogens with one attached hydrogen (secondary N) is 3. The van der Waals surface area contributed by atoms with Gasteiger partial charge in [-0.2, -0.15) is 0 Å². The van der Waals surface area contributed by atoms with Crippen LogP contribution < -0.4 is 10.6 Å². The fraction of sp³-hybridized carbons (Fsp3) is 0.609. The zero-order chi connectivity index (χ0) is 20.0. The number of H-pyrrole nitrogens is 1. The van der Waals surface area contributed by atoms with Gasteiger partial charge in [0.05, 0.1) is 6.10 Å². The zero-order valence-electron chi connectivity index (χ0n) is 17.8. The van der Waals surface area contributed by atoms with Crippen molar-refractivity contribution in [2.24, 2.45) is 16.3 Å². The Hall–Kier alpha value is -2.01. The van der Waals surface area contributed by atoms with E-state index >= 15 is 0 Å². The number of aliphatic imine (C=N–C) groups is 1. The summed E-state index contributed by atoms with van der Waals surface area (Å²) in [6.45, 7) is 9.52. The predicted octanol–water partition coefficient (Wildman–Crippen LogP) is 4.11. The molecule has 2 aromatic rings. The Bertz CT molecular complexity index is 774. The van der Waals surface area contributed by atoms with Crippen LogP contribution in [0.15, 0.2) is 35.5 Å². The number of aromatic nitrogens is 1. The number of hydrogen-bond acceptors (Lipinski definition) is 2. The van der Waals surface area contributed by atoms with E-state index in [1.807, 2.05) is 7.05 Å². The molecule has 3 N–H and O–H groups in total. The molecule has 0 saturated carbocycles. The second kappa shape index (κ2) is 9.46. The summed E-state index contributed by atoms with van der Waals surface area (Å²) in [6.07, 6.45) is 6.92. The van der Waals surface area contributed by atoms with Crippen LogP contribution in [0.3, 0.4) is 0 Å². The minimum absolute atomic E-state index is 0.170. The second-order valence-electron chi connectivity index (χ2n) is 8.90. The van der Waals surface area contributed by atoms with E-state index in [1.54, 1.807) is 0 Å². The first-order valence-electron chi connectivity index (χ1n) is 10.6. The first-order valence-corrected chi connectivity index (χ1v) is 10.6. The highest BCUT2D eigenvalue weighted by atomic mass is 16.5. The first kappa shape index (κ1) is 20.7. The van der Waals surface area contributed by atoms with Crippen molar-refractivity contribution in [2.45, 2.75) is 52.6 Å². The lowest BCUT2D eigenvalue weighted by Crippen LogP contribution is -2.47. The quantitative estimate of drug-likeness (QED) is 0.399. The second-order valence-corrected chi connectivity index (χ2v) is 8.90. The van der Waals surface area contributed by atoms with Gasteiger partial charge in [0.25, 0.3) is 0 Å². The van der Waals surface area contributed by atoms with Crippen LogP contribution in [0.1, 0.15) is 45.6 Å². The molecule has 1 saturated heterocycles. The maximum absolute atomic E-state index is 6.09. The molecule has 28 heavy (non-hydrogen) atoms. The van der Waals surface area contributed by atoms with Crippen molar-refractivity contribution in [3.63, 3.8) is 0 Å². The lowest BCUT2D eigenvalue weighted by atomic mass is 9.78. The highest BCUT2D eigenvalue weighted by Gasteiger charge is 2.35. The van der Waals surface area contributed by atoms with Crippen molar-refractivity contribution in [3.05, 3.63) is 36.0 Å². The van der Waals surface area contributed by atoms with E-state index in [0.29, 0.717) is 12.0 Å². The molecule has 1 aliphatic heterocycles. The number of nitrogens with zero attached hydrogens (tertiary/aromatic N) is 1. The summed E-state index contributed by atoms with van der Waals surface area (Å²) in [7, 11) is 1.84. The van der Waals surface area contributed by atoms with Crippen LogP contribution in [0.5, 0.6) is 0 Å². The molecule has 1 aromatic heterocycles. The van der Waals surface area contributed by atoms with Gasteiger partial charge >= 0.3 is 0 Å². The van der Waals surface area contributed by atoms with Gasteiger partial charge in [0.1, 0.15) is 0 Å². The summed E-state index contributed by atoms with van der Waals surface area (Å²) < 4.78 is 6.09. The fourth-order valence-electron chi connectivity index (χ4n) is 4.28. The topological polar surface area (TPSA) is 61.4 Å². The summed E-state index contributed by atoms with van der Waals surface area (Å²) in [5.41, 5.74) is 2.77. The average Bonchev–Trinajstić information content (AvgIpc) is 3.10. The van der Waals surface area contributed by atoms with Crippen LogP contribution in [0.2, 0.25) is 0 Å². The number of guanidine groups is 1. The lowest BCUT2D eigenvalue weighted by Gasteiger charge is -2.40. The van der Waals surface area contributed by atoms with Gasteiger partial charge < -0.3 is 20.4 Å². The fourth-order valence-corrected chi connectivity index (χ4v) is 4.28. The SMILES string of the molecule is CN=C(NCCCc1c[nH]c2ccccc12)NCC1CCCOC1C(C)(C)C. The van der Waals surface area contributed by atoms with Gasteiger partial charge in [0.15, 0.2) is 5.96 Å². The average molecular weight is 385 g/mol. The number of rotatable bonds is 6. The molecular weight excluding hydrogens is 348 g/mol. The summed E-state index contributed by atoms with van der Waals surface area (Å²) in [5, 5.41) is 8.31. The summed E-state index contributed by atoms with van der Waals surface area (Å²) in [4.78, 5) is 7.75. The van der Waals surface area contributed by atoms with E-state index < -0.39 is 0 Å². The molecule has 5 heteroatoms. The molecule has 2 unspecified atom stereocenters. The molecule has 1 fully saturated rings. The molecule has 2 atom stereocenters. The smallest absolute Gasteiger partial charge is 0.190 e. The summed E-state index contributed by atoms with van der Waals surface area (Å²) >= 11 is 0. The Kier molecular flexibility index (Phi) is 7.00. The summed E-state index contributed by atoms with van der Waals surface area (Å²) in [6, 6.07) is 8.49. The van der Waals surface area contributed by atoms with E-state index in [2.05, 4.69) is 71.8 Å². The van der Waals surface area contributed by atoms with Crippen molar-refractivity contribution in [1.82, 2.24) is 15.6 Å². The van der Waals surface area contributed by atoms with Gasteiger partial charge in [-0.05, 0) is 42.7 Å². The maximum Gasteiger partial charge on any atom is 0.190 e.